The smallest absolute Gasteiger partial charge is 0.255 e. The fourth-order valence-electron chi connectivity index (χ4n) is 1.30. The molecule has 0 radical (unpaired) electrons. The minimum Gasteiger partial charge on any atom is -0.370 e. The van der Waals surface area contributed by atoms with Gasteiger partial charge >= 0.3 is 0 Å². The lowest BCUT2D eigenvalue weighted by Gasteiger charge is -2.06. The number of unbranched alkanes of at least 4 members (excludes halogenated alkanes) is 1. The fourth-order valence-corrected chi connectivity index (χ4v) is 1.48. The molecule has 0 bridgehead atoms. The Morgan fingerprint density at radius 2 is 2.40 bits per heavy atom. The number of fused-ring (bicyclic) bond motifs is 1. The molecule has 2 aromatic heterocycles. The zero-order chi connectivity index (χ0) is 10.7. The van der Waals surface area contributed by atoms with Crippen molar-refractivity contribution in [2.24, 2.45) is 0 Å². The summed E-state index contributed by atoms with van der Waals surface area (Å²) in [4.78, 5) is 8.02. The molecule has 2 aromatic rings. The van der Waals surface area contributed by atoms with Crippen LogP contribution in [0.15, 0.2) is 12.4 Å². The van der Waals surface area contributed by atoms with Crippen LogP contribution < -0.4 is 5.32 Å². The van der Waals surface area contributed by atoms with Gasteiger partial charge in [0.25, 0.3) is 5.78 Å². The van der Waals surface area contributed by atoms with Gasteiger partial charge in [0.2, 0.25) is 0 Å². The molecule has 0 amide bonds. The van der Waals surface area contributed by atoms with E-state index < -0.39 is 0 Å². The topological polar surface area (TPSA) is 55.1 Å². The molecule has 0 saturated heterocycles. The molecule has 0 aromatic carbocycles. The molecule has 0 fully saturated rings. The van der Waals surface area contributed by atoms with Crippen LogP contribution in [0.4, 0.5) is 5.82 Å². The number of nitrogens with one attached hydrogen (secondary N) is 1. The maximum Gasteiger partial charge on any atom is 0.255 e. The van der Waals surface area contributed by atoms with Gasteiger partial charge in [-0.15, -0.1) is 0 Å². The average Bonchev–Trinajstić information content (AvgIpc) is 2.65. The Balaban J connectivity index is 2.27. The average molecular weight is 226 g/mol. The van der Waals surface area contributed by atoms with Gasteiger partial charge < -0.3 is 5.32 Å². The van der Waals surface area contributed by atoms with Crippen LogP contribution in [0.3, 0.4) is 0 Å². The first kappa shape index (κ1) is 10.2. The van der Waals surface area contributed by atoms with Crippen molar-refractivity contribution < 1.29 is 0 Å². The van der Waals surface area contributed by atoms with Crippen LogP contribution in [0.25, 0.3) is 5.78 Å². The number of halogens is 1. The molecular weight excluding hydrogens is 214 g/mol. The van der Waals surface area contributed by atoms with Crippen molar-refractivity contribution in [3.05, 3.63) is 17.5 Å². The second-order valence-electron chi connectivity index (χ2n) is 3.22. The van der Waals surface area contributed by atoms with Gasteiger partial charge in [0, 0.05) is 12.6 Å². The third-order valence-electron chi connectivity index (χ3n) is 2.06. The predicted molar refractivity (Wildman–Crippen MR) is 59.2 cm³/mol. The molecule has 80 valence electrons. The molecule has 0 saturated carbocycles. The summed E-state index contributed by atoms with van der Waals surface area (Å²) in [5, 5.41) is 7.74. The molecule has 2 heterocycles. The van der Waals surface area contributed by atoms with Crippen LogP contribution in [0.2, 0.25) is 5.15 Å². The van der Waals surface area contributed by atoms with E-state index >= 15 is 0 Å². The van der Waals surface area contributed by atoms with E-state index in [2.05, 4.69) is 27.3 Å². The zero-order valence-corrected chi connectivity index (χ0v) is 9.20. The largest absolute Gasteiger partial charge is 0.370 e. The molecule has 0 atom stereocenters. The Morgan fingerprint density at radius 1 is 1.53 bits per heavy atom. The van der Waals surface area contributed by atoms with Gasteiger partial charge in [-0.05, 0) is 6.42 Å². The Kier molecular flexibility index (Phi) is 3.01. The molecule has 0 unspecified atom stereocenters. The van der Waals surface area contributed by atoms with Crippen molar-refractivity contribution in [2.45, 2.75) is 19.8 Å². The molecule has 0 spiro atoms. The molecule has 1 N–H and O–H groups in total. The van der Waals surface area contributed by atoms with Gasteiger partial charge in [-0.3, -0.25) is 0 Å². The quantitative estimate of drug-likeness (QED) is 0.639. The highest BCUT2D eigenvalue weighted by Crippen LogP contribution is 2.14. The van der Waals surface area contributed by atoms with E-state index in [0.29, 0.717) is 10.9 Å². The Bertz CT molecular complexity index is 453. The Hall–Kier alpha value is -1.36. The molecule has 6 heteroatoms. The maximum absolute atomic E-state index is 5.86. The molecular formula is C9H12ClN5. The van der Waals surface area contributed by atoms with Crippen molar-refractivity contribution in [1.29, 1.82) is 0 Å². The summed E-state index contributed by atoms with van der Waals surface area (Å²) in [6.07, 6.45) is 3.71. The van der Waals surface area contributed by atoms with E-state index in [-0.39, 0.29) is 0 Å². The summed E-state index contributed by atoms with van der Waals surface area (Å²) >= 11 is 5.86. The summed E-state index contributed by atoms with van der Waals surface area (Å²) in [6, 6.07) is 1.75. The zero-order valence-electron chi connectivity index (χ0n) is 8.44. The van der Waals surface area contributed by atoms with E-state index in [1.165, 1.54) is 6.33 Å². The summed E-state index contributed by atoms with van der Waals surface area (Å²) < 4.78 is 1.64. The number of aromatic nitrogens is 4. The van der Waals surface area contributed by atoms with Gasteiger partial charge in [-0.2, -0.15) is 19.6 Å². The van der Waals surface area contributed by atoms with Crippen molar-refractivity contribution >= 4 is 23.2 Å². The monoisotopic (exact) mass is 225 g/mol. The van der Waals surface area contributed by atoms with E-state index in [4.69, 9.17) is 11.6 Å². The Morgan fingerprint density at radius 3 is 3.20 bits per heavy atom. The minimum atomic E-state index is 0.425. The maximum atomic E-state index is 5.86. The van der Waals surface area contributed by atoms with Gasteiger partial charge in [0.05, 0.1) is 0 Å². The van der Waals surface area contributed by atoms with Crippen LogP contribution >= 0.6 is 11.6 Å². The van der Waals surface area contributed by atoms with Crippen molar-refractivity contribution in [2.75, 3.05) is 11.9 Å². The summed E-state index contributed by atoms with van der Waals surface area (Å²) in [5.74, 6) is 1.34. The number of nitrogens with zero attached hydrogens (tertiary/aromatic N) is 4. The lowest BCUT2D eigenvalue weighted by Crippen LogP contribution is -2.07. The van der Waals surface area contributed by atoms with E-state index in [0.717, 1.165) is 25.2 Å². The summed E-state index contributed by atoms with van der Waals surface area (Å²) in [5.41, 5.74) is 0. The second kappa shape index (κ2) is 4.44. The van der Waals surface area contributed by atoms with E-state index in [1.54, 1.807) is 10.6 Å². The van der Waals surface area contributed by atoms with Gasteiger partial charge in [-0.25, -0.2) is 0 Å². The van der Waals surface area contributed by atoms with Crippen LogP contribution in [0.1, 0.15) is 19.8 Å². The lowest BCUT2D eigenvalue weighted by atomic mass is 10.3. The highest BCUT2D eigenvalue weighted by atomic mass is 35.5. The number of rotatable bonds is 4. The molecule has 0 aliphatic carbocycles. The number of hydrogen-bond donors (Lipinski definition) is 1. The standard InChI is InChI=1S/C9H12ClN5/c1-2-3-4-11-8-5-7(10)14-9-12-6-13-15(8)9/h5-6,11H,2-4H2,1H3. The lowest BCUT2D eigenvalue weighted by molar-refractivity contribution is 0.820. The van der Waals surface area contributed by atoms with Gasteiger partial charge in [0.1, 0.15) is 17.3 Å². The predicted octanol–water partition coefficient (Wildman–Crippen LogP) is 1.99. The fraction of sp³-hybridized carbons (Fsp3) is 0.444. The highest BCUT2D eigenvalue weighted by molar-refractivity contribution is 6.29. The van der Waals surface area contributed by atoms with Crippen LogP contribution in [-0.2, 0) is 0 Å². The third kappa shape index (κ3) is 2.18. The van der Waals surface area contributed by atoms with Crippen molar-refractivity contribution in [1.82, 2.24) is 19.6 Å². The molecule has 15 heavy (non-hydrogen) atoms. The summed E-state index contributed by atoms with van der Waals surface area (Å²) in [7, 11) is 0. The first-order valence-corrected chi connectivity index (χ1v) is 5.29. The SMILES string of the molecule is CCCCNc1cc(Cl)nc2ncnn12. The number of anilines is 1. The van der Waals surface area contributed by atoms with E-state index in [9.17, 15) is 0 Å². The molecule has 5 nitrogen and oxygen atoms in total. The van der Waals surface area contributed by atoms with Crippen molar-refractivity contribution in [3.63, 3.8) is 0 Å². The molecule has 0 aliphatic heterocycles. The van der Waals surface area contributed by atoms with Crippen LogP contribution in [-0.4, -0.2) is 26.1 Å². The first-order chi connectivity index (χ1) is 7.31. The normalized spacial score (nSPS) is 10.8. The highest BCUT2D eigenvalue weighted by Gasteiger charge is 2.04. The van der Waals surface area contributed by atoms with Crippen molar-refractivity contribution in [3.8, 4) is 0 Å². The minimum absolute atomic E-state index is 0.425. The molecule has 0 aliphatic rings. The van der Waals surface area contributed by atoms with Gasteiger partial charge in [0.15, 0.2) is 0 Å². The second-order valence-corrected chi connectivity index (χ2v) is 3.60. The van der Waals surface area contributed by atoms with Crippen LogP contribution in [0, 0.1) is 0 Å². The number of hydrogen-bond acceptors (Lipinski definition) is 4. The molecule has 2 rings (SSSR count). The van der Waals surface area contributed by atoms with Gasteiger partial charge in [-0.1, -0.05) is 24.9 Å². The third-order valence-corrected chi connectivity index (χ3v) is 2.25. The summed E-state index contributed by atoms with van der Waals surface area (Å²) in [6.45, 7) is 3.04. The van der Waals surface area contributed by atoms with E-state index in [1.807, 2.05) is 0 Å². The Labute approximate surface area is 92.5 Å². The van der Waals surface area contributed by atoms with Crippen LogP contribution in [0.5, 0.6) is 0 Å². The first-order valence-electron chi connectivity index (χ1n) is 4.91.